The molecule has 4 heteroatoms. The van der Waals surface area contributed by atoms with E-state index in [0.717, 1.165) is 26.1 Å². The van der Waals surface area contributed by atoms with Crippen molar-refractivity contribution in [1.29, 1.82) is 0 Å². The van der Waals surface area contributed by atoms with Gasteiger partial charge in [-0.3, -0.25) is 9.69 Å². The van der Waals surface area contributed by atoms with E-state index in [-0.39, 0.29) is 18.1 Å². The second-order valence-electron chi connectivity index (χ2n) is 7.48. The van der Waals surface area contributed by atoms with Crippen molar-refractivity contribution in [2.24, 2.45) is 0 Å². The van der Waals surface area contributed by atoms with Gasteiger partial charge in [0.2, 0.25) is 5.91 Å². The Morgan fingerprint density at radius 2 is 1.63 bits per heavy atom. The average Bonchev–Trinajstić information content (AvgIpc) is 2.66. The molecule has 1 aliphatic heterocycles. The summed E-state index contributed by atoms with van der Waals surface area (Å²) in [6.07, 6.45) is 1.82. The number of carbonyl (C=O) groups is 1. The van der Waals surface area contributed by atoms with Crippen LogP contribution in [0.3, 0.4) is 0 Å². The molecule has 1 N–H and O–H groups in total. The standard InChI is InChI=1S/C23H30N2O2/c1-18-15-25(16-19(2)27-18)17-22-11-7-6-10-21(22)14-24-23(26)13-12-20-8-4-3-5-9-20/h3-11,18-19H,12-17H2,1-2H3,(H,24,26). The molecule has 1 fully saturated rings. The van der Waals surface area contributed by atoms with E-state index in [2.05, 4.69) is 54.4 Å². The van der Waals surface area contributed by atoms with E-state index in [1.807, 2.05) is 24.3 Å². The van der Waals surface area contributed by atoms with Crippen LogP contribution in [0.2, 0.25) is 0 Å². The highest BCUT2D eigenvalue weighted by Crippen LogP contribution is 2.17. The lowest BCUT2D eigenvalue weighted by Gasteiger charge is -2.35. The van der Waals surface area contributed by atoms with E-state index in [0.29, 0.717) is 13.0 Å². The molecule has 0 radical (unpaired) electrons. The van der Waals surface area contributed by atoms with Crippen molar-refractivity contribution in [3.05, 3.63) is 71.3 Å². The molecule has 144 valence electrons. The molecule has 1 amide bonds. The average molecular weight is 367 g/mol. The van der Waals surface area contributed by atoms with Crippen LogP contribution in [0, 0.1) is 0 Å². The van der Waals surface area contributed by atoms with Crippen molar-refractivity contribution < 1.29 is 9.53 Å². The molecule has 2 aromatic carbocycles. The number of nitrogens with zero attached hydrogens (tertiary/aromatic N) is 1. The number of hydrogen-bond donors (Lipinski definition) is 1. The van der Waals surface area contributed by atoms with Crippen LogP contribution in [0.1, 0.15) is 37.0 Å². The van der Waals surface area contributed by atoms with Crippen molar-refractivity contribution in [1.82, 2.24) is 10.2 Å². The fourth-order valence-electron chi connectivity index (χ4n) is 3.72. The number of benzene rings is 2. The van der Waals surface area contributed by atoms with Crippen LogP contribution in [0.5, 0.6) is 0 Å². The quantitative estimate of drug-likeness (QED) is 0.815. The molecule has 2 aromatic rings. The minimum atomic E-state index is 0.0993. The zero-order valence-electron chi connectivity index (χ0n) is 16.4. The Morgan fingerprint density at radius 3 is 2.33 bits per heavy atom. The number of nitrogens with one attached hydrogen (secondary N) is 1. The summed E-state index contributed by atoms with van der Waals surface area (Å²) >= 11 is 0. The maximum atomic E-state index is 12.2. The molecule has 27 heavy (non-hydrogen) atoms. The molecule has 0 saturated carbocycles. The van der Waals surface area contributed by atoms with Crippen LogP contribution in [-0.2, 0) is 29.0 Å². The lowest BCUT2D eigenvalue weighted by molar-refractivity contribution is -0.121. The second-order valence-corrected chi connectivity index (χ2v) is 7.48. The lowest BCUT2D eigenvalue weighted by atomic mass is 10.1. The van der Waals surface area contributed by atoms with Crippen molar-refractivity contribution in [2.45, 2.75) is 52.0 Å². The number of morpholine rings is 1. The Labute approximate surface area is 162 Å². The minimum absolute atomic E-state index is 0.0993. The van der Waals surface area contributed by atoms with Gasteiger partial charge in [0.15, 0.2) is 0 Å². The molecule has 4 nitrogen and oxygen atoms in total. The molecule has 0 aliphatic carbocycles. The van der Waals surface area contributed by atoms with E-state index in [1.54, 1.807) is 0 Å². The van der Waals surface area contributed by atoms with Crippen LogP contribution in [-0.4, -0.2) is 36.1 Å². The summed E-state index contributed by atoms with van der Waals surface area (Å²) in [6.45, 7) is 7.63. The molecule has 2 atom stereocenters. The van der Waals surface area contributed by atoms with Gasteiger partial charge in [0.25, 0.3) is 0 Å². The van der Waals surface area contributed by atoms with Crippen LogP contribution in [0.15, 0.2) is 54.6 Å². The molecule has 1 saturated heterocycles. The molecule has 3 rings (SSSR count). The summed E-state index contributed by atoms with van der Waals surface area (Å²) in [7, 11) is 0. The zero-order valence-corrected chi connectivity index (χ0v) is 16.4. The first-order chi connectivity index (χ1) is 13.1. The van der Waals surface area contributed by atoms with Gasteiger partial charge in [-0.2, -0.15) is 0 Å². The van der Waals surface area contributed by atoms with E-state index >= 15 is 0 Å². The Kier molecular flexibility index (Phi) is 7.02. The van der Waals surface area contributed by atoms with Crippen molar-refractivity contribution in [3.63, 3.8) is 0 Å². The number of rotatable bonds is 7. The first-order valence-electron chi connectivity index (χ1n) is 9.85. The largest absolute Gasteiger partial charge is 0.373 e. The fourth-order valence-corrected chi connectivity index (χ4v) is 3.72. The van der Waals surface area contributed by atoms with Gasteiger partial charge in [-0.15, -0.1) is 0 Å². The van der Waals surface area contributed by atoms with E-state index < -0.39 is 0 Å². The molecule has 1 aliphatic rings. The molecule has 0 aromatic heterocycles. The van der Waals surface area contributed by atoms with E-state index in [4.69, 9.17) is 4.74 Å². The molecule has 1 heterocycles. The predicted molar refractivity (Wildman–Crippen MR) is 108 cm³/mol. The third kappa shape index (κ3) is 6.19. The van der Waals surface area contributed by atoms with Gasteiger partial charge < -0.3 is 10.1 Å². The van der Waals surface area contributed by atoms with Crippen molar-refractivity contribution in [3.8, 4) is 0 Å². The summed E-state index contributed by atoms with van der Waals surface area (Å²) < 4.78 is 5.83. The second kappa shape index (κ2) is 9.67. The van der Waals surface area contributed by atoms with Gasteiger partial charge in [0, 0.05) is 32.6 Å². The fraction of sp³-hybridized carbons (Fsp3) is 0.435. The number of aryl methyl sites for hydroxylation is 1. The van der Waals surface area contributed by atoms with Gasteiger partial charge >= 0.3 is 0 Å². The molecule has 0 bridgehead atoms. The SMILES string of the molecule is CC1CN(Cc2ccccc2CNC(=O)CCc2ccccc2)CC(C)O1. The maximum Gasteiger partial charge on any atom is 0.220 e. The van der Waals surface area contributed by atoms with Crippen LogP contribution in [0.4, 0.5) is 0 Å². The molecule has 2 unspecified atom stereocenters. The first kappa shape index (κ1) is 19.6. The number of carbonyl (C=O) groups excluding carboxylic acids is 1. The van der Waals surface area contributed by atoms with Gasteiger partial charge in [0.1, 0.15) is 0 Å². The molecule has 0 spiro atoms. The summed E-state index contributed by atoms with van der Waals surface area (Å²) in [6, 6.07) is 18.5. The highest BCUT2D eigenvalue weighted by molar-refractivity contribution is 5.76. The van der Waals surface area contributed by atoms with Gasteiger partial charge in [-0.1, -0.05) is 54.6 Å². The molecular weight excluding hydrogens is 336 g/mol. The Bertz CT molecular complexity index is 722. The summed E-state index contributed by atoms with van der Waals surface area (Å²) in [5, 5.41) is 3.08. The maximum absolute atomic E-state index is 12.2. The minimum Gasteiger partial charge on any atom is -0.373 e. The van der Waals surface area contributed by atoms with E-state index in [9.17, 15) is 4.79 Å². The van der Waals surface area contributed by atoms with Crippen molar-refractivity contribution >= 4 is 5.91 Å². The smallest absolute Gasteiger partial charge is 0.220 e. The normalized spacial score (nSPS) is 20.4. The Morgan fingerprint density at radius 1 is 1.00 bits per heavy atom. The first-order valence-corrected chi connectivity index (χ1v) is 9.85. The Hall–Kier alpha value is -2.17. The monoisotopic (exact) mass is 366 g/mol. The van der Waals surface area contributed by atoms with Gasteiger partial charge in [0.05, 0.1) is 12.2 Å². The third-order valence-electron chi connectivity index (χ3n) is 4.97. The zero-order chi connectivity index (χ0) is 19.1. The van der Waals surface area contributed by atoms with E-state index in [1.165, 1.54) is 16.7 Å². The summed E-state index contributed by atoms with van der Waals surface area (Å²) in [4.78, 5) is 14.7. The third-order valence-corrected chi connectivity index (χ3v) is 4.97. The number of amides is 1. The molecular formula is C23H30N2O2. The predicted octanol–water partition coefficient (Wildman–Crippen LogP) is 3.54. The van der Waals surface area contributed by atoms with Crippen LogP contribution in [0.25, 0.3) is 0 Å². The van der Waals surface area contributed by atoms with Gasteiger partial charge in [-0.05, 0) is 37.0 Å². The number of hydrogen-bond acceptors (Lipinski definition) is 3. The topological polar surface area (TPSA) is 41.6 Å². The Balaban J connectivity index is 1.52. The van der Waals surface area contributed by atoms with Gasteiger partial charge in [-0.25, -0.2) is 0 Å². The van der Waals surface area contributed by atoms with Crippen molar-refractivity contribution in [2.75, 3.05) is 13.1 Å². The highest BCUT2D eigenvalue weighted by atomic mass is 16.5. The summed E-state index contributed by atoms with van der Waals surface area (Å²) in [5.41, 5.74) is 3.67. The number of ether oxygens (including phenoxy) is 1. The highest BCUT2D eigenvalue weighted by Gasteiger charge is 2.22. The summed E-state index contributed by atoms with van der Waals surface area (Å²) in [5.74, 6) is 0.0993. The van der Waals surface area contributed by atoms with Crippen LogP contribution < -0.4 is 5.32 Å². The lowest BCUT2D eigenvalue weighted by Crippen LogP contribution is -2.45. The van der Waals surface area contributed by atoms with Crippen LogP contribution >= 0.6 is 0 Å².